The maximum atomic E-state index is 13.1. The molecule has 0 spiro atoms. The third kappa shape index (κ3) is 7.32. The third-order valence-electron chi connectivity index (χ3n) is 5.48. The Morgan fingerprint density at radius 2 is 1.61 bits per heavy atom. The number of nitrogens with zero attached hydrogens (tertiary/aromatic N) is 2. The van der Waals surface area contributed by atoms with E-state index >= 15 is 0 Å². The number of esters is 1. The van der Waals surface area contributed by atoms with Crippen LogP contribution in [0.3, 0.4) is 0 Å². The number of ether oxygens (including phenoxy) is 3. The highest BCUT2D eigenvalue weighted by atomic mass is 32.2. The van der Waals surface area contributed by atoms with Crippen LogP contribution in [0.15, 0.2) is 53.4 Å². The lowest BCUT2D eigenvalue weighted by atomic mass is 10.2. The maximum Gasteiger partial charge on any atom is 0.303 e. The van der Waals surface area contributed by atoms with E-state index in [0.29, 0.717) is 30.3 Å². The minimum Gasteiger partial charge on any atom is -0.497 e. The lowest BCUT2D eigenvalue weighted by Crippen LogP contribution is -2.56. The van der Waals surface area contributed by atoms with E-state index in [1.165, 1.54) is 36.5 Å². The van der Waals surface area contributed by atoms with Crippen molar-refractivity contribution in [3.8, 4) is 11.5 Å². The van der Waals surface area contributed by atoms with Gasteiger partial charge in [-0.25, -0.2) is 16.8 Å². The number of carbonyl (C=O) groups excluding carboxylic acids is 1. The molecule has 2 aromatic rings. The molecule has 1 N–H and O–H groups in total. The normalized spacial score (nSPS) is 17.1. The van der Waals surface area contributed by atoms with Gasteiger partial charge in [-0.1, -0.05) is 6.07 Å². The first kappa shape index (κ1) is 27.7. The zero-order chi connectivity index (χ0) is 26.5. The standard InChI is InChI=1S/C23H31N3O8S2/c1-17(33-18(2)27)23(34-21-7-5-6-19(16-21)24-35(4,28)29)25-12-14-26(15-13-25)36(30,31)22-10-8-20(32-3)9-11-22/h5-11,16-17,23-24H,12-15H2,1-4H3. The van der Waals surface area contributed by atoms with Crippen molar-refractivity contribution < 1.29 is 35.8 Å². The van der Waals surface area contributed by atoms with Crippen molar-refractivity contribution in [2.24, 2.45) is 0 Å². The van der Waals surface area contributed by atoms with Crippen molar-refractivity contribution in [2.75, 3.05) is 44.3 Å². The van der Waals surface area contributed by atoms with Crippen LogP contribution in [0.1, 0.15) is 13.8 Å². The van der Waals surface area contributed by atoms with Crippen LogP contribution in [-0.2, 0) is 29.6 Å². The Kier molecular flexibility index (Phi) is 8.82. The number of sulfonamides is 2. The van der Waals surface area contributed by atoms with Gasteiger partial charge < -0.3 is 14.2 Å². The van der Waals surface area contributed by atoms with Gasteiger partial charge in [0.05, 0.1) is 23.9 Å². The summed E-state index contributed by atoms with van der Waals surface area (Å²) in [4.78, 5) is 13.7. The summed E-state index contributed by atoms with van der Waals surface area (Å²) in [6.45, 7) is 4.04. The summed E-state index contributed by atoms with van der Waals surface area (Å²) >= 11 is 0. The number of nitrogens with one attached hydrogen (secondary N) is 1. The Hall–Kier alpha value is -2.87. The Bertz CT molecular complexity index is 1260. The predicted octanol–water partition coefficient (Wildman–Crippen LogP) is 1.73. The zero-order valence-corrected chi connectivity index (χ0v) is 22.2. The number of hydrogen-bond donors (Lipinski definition) is 1. The molecule has 1 aliphatic heterocycles. The molecule has 198 valence electrons. The molecule has 13 heteroatoms. The van der Waals surface area contributed by atoms with Crippen molar-refractivity contribution in [1.82, 2.24) is 9.21 Å². The highest BCUT2D eigenvalue weighted by Crippen LogP contribution is 2.25. The topological polar surface area (TPSA) is 132 Å². The van der Waals surface area contributed by atoms with E-state index in [1.807, 2.05) is 4.90 Å². The summed E-state index contributed by atoms with van der Waals surface area (Å²) in [5, 5.41) is 0. The molecule has 2 aromatic carbocycles. The highest BCUT2D eigenvalue weighted by molar-refractivity contribution is 7.92. The average molecular weight is 542 g/mol. The lowest BCUT2D eigenvalue weighted by Gasteiger charge is -2.40. The van der Waals surface area contributed by atoms with E-state index in [-0.39, 0.29) is 18.0 Å². The number of hydrogen-bond acceptors (Lipinski definition) is 9. The van der Waals surface area contributed by atoms with Gasteiger partial charge in [-0.05, 0) is 43.3 Å². The second kappa shape index (κ2) is 11.5. The van der Waals surface area contributed by atoms with Crippen molar-refractivity contribution in [3.63, 3.8) is 0 Å². The van der Waals surface area contributed by atoms with Gasteiger partial charge in [0.25, 0.3) is 0 Å². The quantitative estimate of drug-likeness (QED) is 0.447. The zero-order valence-electron chi connectivity index (χ0n) is 20.6. The molecule has 3 rings (SSSR count). The maximum absolute atomic E-state index is 13.1. The number of benzene rings is 2. The van der Waals surface area contributed by atoms with E-state index in [0.717, 1.165) is 6.26 Å². The largest absolute Gasteiger partial charge is 0.497 e. The summed E-state index contributed by atoms with van der Waals surface area (Å²) in [6.07, 6.45) is -0.363. The number of carbonyl (C=O) groups is 1. The van der Waals surface area contributed by atoms with Gasteiger partial charge in [-0.15, -0.1) is 0 Å². The molecular weight excluding hydrogens is 510 g/mol. The van der Waals surface area contributed by atoms with Gasteiger partial charge in [-0.3, -0.25) is 14.4 Å². The van der Waals surface area contributed by atoms with Gasteiger partial charge >= 0.3 is 5.97 Å². The molecule has 0 aromatic heterocycles. The fourth-order valence-electron chi connectivity index (χ4n) is 3.87. The first-order valence-electron chi connectivity index (χ1n) is 11.2. The van der Waals surface area contributed by atoms with Gasteiger partial charge in [0.1, 0.15) is 17.6 Å². The fourth-order valence-corrected chi connectivity index (χ4v) is 5.85. The lowest BCUT2D eigenvalue weighted by molar-refractivity contribution is -0.158. The molecule has 11 nitrogen and oxygen atoms in total. The van der Waals surface area contributed by atoms with Crippen LogP contribution in [0.5, 0.6) is 11.5 Å². The molecule has 1 aliphatic rings. The Labute approximate surface area is 212 Å². The molecule has 0 saturated carbocycles. The van der Waals surface area contributed by atoms with Gasteiger partial charge in [0.2, 0.25) is 20.0 Å². The van der Waals surface area contributed by atoms with E-state index in [9.17, 15) is 21.6 Å². The van der Waals surface area contributed by atoms with Crippen LogP contribution in [0.4, 0.5) is 5.69 Å². The Balaban J connectivity index is 1.75. The number of piperazine rings is 1. The van der Waals surface area contributed by atoms with Gasteiger partial charge in [0.15, 0.2) is 6.23 Å². The molecular formula is C23H31N3O8S2. The summed E-state index contributed by atoms with van der Waals surface area (Å²) < 4.78 is 69.7. The fraction of sp³-hybridized carbons (Fsp3) is 0.435. The minimum absolute atomic E-state index is 0.174. The van der Waals surface area contributed by atoms with Gasteiger partial charge in [0, 0.05) is 39.2 Å². The van der Waals surface area contributed by atoms with Crippen molar-refractivity contribution in [2.45, 2.75) is 31.1 Å². The predicted molar refractivity (Wildman–Crippen MR) is 134 cm³/mol. The molecule has 1 fully saturated rings. The Morgan fingerprint density at radius 1 is 0.972 bits per heavy atom. The smallest absolute Gasteiger partial charge is 0.303 e. The van der Waals surface area contributed by atoms with Crippen LogP contribution in [0, 0.1) is 0 Å². The van der Waals surface area contributed by atoms with Crippen molar-refractivity contribution in [3.05, 3.63) is 48.5 Å². The third-order valence-corrected chi connectivity index (χ3v) is 8.00. The average Bonchev–Trinajstić information content (AvgIpc) is 2.81. The van der Waals surface area contributed by atoms with Crippen LogP contribution < -0.4 is 14.2 Å². The van der Waals surface area contributed by atoms with E-state index < -0.39 is 38.3 Å². The van der Waals surface area contributed by atoms with Crippen molar-refractivity contribution in [1.29, 1.82) is 0 Å². The van der Waals surface area contributed by atoms with E-state index in [2.05, 4.69) is 4.72 Å². The van der Waals surface area contributed by atoms with Crippen LogP contribution in [0.25, 0.3) is 0 Å². The molecule has 1 heterocycles. The first-order chi connectivity index (χ1) is 16.9. The highest BCUT2D eigenvalue weighted by Gasteiger charge is 2.35. The van der Waals surface area contributed by atoms with Crippen molar-refractivity contribution >= 4 is 31.7 Å². The molecule has 0 radical (unpaired) electrons. The molecule has 2 unspecified atom stereocenters. The summed E-state index contributed by atoms with van der Waals surface area (Å²) in [7, 11) is -5.66. The minimum atomic E-state index is -3.70. The summed E-state index contributed by atoms with van der Waals surface area (Å²) in [6, 6.07) is 12.6. The van der Waals surface area contributed by atoms with E-state index in [4.69, 9.17) is 14.2 Å². The Morgan fingerprint density at radius 3 is 2.17 bits per heavy atom. The summed E-state index contributed by atoms with van der Waals surface area (Å²) in [5.41, 5.74) is 0.323. The molecule has 0 bridgehead atoms. The SMILES string of the molecule is COc1ccc(S(=O)(=O)N2CCN(C(Oc3cccc(NS(C)(=O)=O)c3)C(C)OC(C)=O)CC2)cc1. The van der Waals surface area contributed by atoms with Gasteiger partial charge in [-0.2, -0.15) is 4.31 Å². The van der Waals surface area contributed by atoms with Crippen LogP contribution in [-0.4, -0.2) is 83.9 Å². The van der Waals surface area contributed by atoms with E-state index in [1.54, 1.807) is 37.3 Å². The molecule has 0 amide bonds. The first-order valence-corrected chi connectivity index (χ1v) is 14.5. The molecule has 0 aliphatic carbocycles. The number of rotatable bonds is 10. The second-order valence-corrected chi connectivity index (χ2v) is 12.0. The monoisotopic (exact) mass is 541 g/mol. The molecule has 36 heavy (non-hydrogen) atoms. The second-order valence-electron chi connectivity index (χ2n) is 8.34. The molecule has 1 saturated heterocycles. The molecule has 2 atom stereocenters. The number of anilines is 1. The van der Waals surface area contributed by atoms with Crippen LogP contribution in [0.2, 0.25) is 0 Å². The summed E-state index contributed by atoms with van der Waals surface area (Å²) in [5.74, 6) is 0.444. The van der Waals surface area contributed by atoms with Crippen LogP contribution >= 0.6 is 0 Å². The number of methoxy groups -OCH3 is 1.